The van der Waals surface area contributed by atoms with Crippen LogP contribution in [0.15, 0.2) is 41.3 Å². The third-order valence-corrected chi connectivity index (χ3v) is 8.14. The number of fused-ring (bicyclic) bond motifs is 1. The zero-order valence-electron chi connectivity index (χ0n) is 16.1. The molecule has 0 atom stereocenters. The number of rotatable bonds is 4. The second-order valence-electron chi connectivity index (χ2n) is 6.91. The van der Waals surface area contributed by atoms with Gasteiger partial charge in [-0.1, -0.05) is 42.0 Å². The van der Waals surface area contributed by atoms with Crippen molar-refractivity contribution in [3.8, 4) is 0 Å². The van der Waals surface area contributed by atoms with Gasteiger partial charge in [-0.2, -0.15) is 0 Å². The summed E-state index contributed by atoms with van der Waals surface area (Å²) >= 11 is 7.28. The Labute approximate surface area is 182 Å². The second kappa shape index (κ2) is 8.13. The van der Waals surface area contributed by atoms with Gasteiger partial charge in [0.25, 0.3) is 5.91 Å². The van der Waals surface area contributed by atoms with Crippen LogP contribution in [0.2, 0.25) is 5.02 Å². The molecule has 1 aliphatic heterocycles. The molecule has 0 radical (unpaired) electrons. The number of hydrogen-bond donors (Lipinski definition) is 0. The first kappa shape index (κ1) is 21.0. The van der Waals surface area contributed by atoms with Crippen molar-refractivity contribution < 1.29 is 17.6 Å². The topological polar surface area (TPSA) is 70.6 Å². The summed E-state index contributed by atoms with van der Waals surface area (Å²) < 4.78 is 39.5. The monoisotopic (exact) mass is 467 g/mol. The maximum absolute atomic E-state index is 14.1. The Kier molecular flexibility index (Phi) is 5.69. The summed E-state index contributed by atoms with van der Waals surface area (Å²) in [5.74, 6) is -0.824. The Morgan fingerprint density at radius 2 is 1.90 bits per heavy atom. The number of carbonyl (C=O) groups is 1. The third kappa shape index (κ3) is 3.89. The molecule has 1 aromatic heterocycles. The fourth-order valence-electron chi connectivity index (χ4n) is 3.42. The van der Waals surface area contributed by atoms with Crippen molar-refractivity contribution >= 4 is 54.0 Å². The largest absolute Gasteiger partial charge is 0.345 e. The van der Waals surface area contributed by atoms with Crippen LogP contribution in [0.5, 0.6) is 0 Å². The van der Waals surface area contributed by atoms with Crippen LogP contribution in [0.4, 0.5) is 9.52 Å². The first-order chi connectivity index (χ1) is 14.3. The molecule has 2 aromatic carbocycles. The molecule has 4 rings (SSSR count). The van der Waals surface area contributed by atoms with Crippen LogP contribution in [0.1, 0.15) is 17.3 Å². The number of benzene rings is 2. The number of carbonyl (C=O) groups excluding carboxylic acids is 1. The first-order valence-corrected chi connectivity index (χ1v) is 12.3. The van der Waals surface area contributed by atoms with Gasteiger partial charge in [-0.15, -0.1) is 0 Å². The van der Waals surface area contributed by atoms with E-state index < -0.39 is 15.7 Å². The minimum Gasteiger partial charge on any atom is -0.345 e. The quantitative estimate of drug-likeness (QED) is 0.583. The summed E-state index contributed by atoms with van der Waals surface area (Å²) in [5.41, 5.74) is 0.487. The van der Waals surface area contributed by atoms with Crippen molar-refractivity contribution in [3.05, 3.63) is 52.8 Å². The van der Waals surface area contributed by atoms with E-state index in [0.717, 1.165) is 0 Å². The van der Waals surface area contributed by atoms with E-state index in [1.807, 2.05) is 4.90 Å². The molecule has 0 aliphatic carbocycles. The molecular weight excluding hydrogens is 449 g/mol. The molecule has 3 aromatic rings. The van der Waals surface area contributed by atoms with Crippen LogP contribution >= 0.6 is 22.9 Å². The van der Waals surface area contributed by atoms with Gasteiger partial charge < -0.3 is 9.80 Å². The van der Waals surface area contributed by atoms with E-state index in [9.17, 15) is 17.6 Å². The second-order valence-corrected chi connectivity index (χ2v) is 10.6. The molecule has 2 heterocycles. The van der Waals surface area contributed by atoms with E-state index in [-0.39, 0.29) is 27.6 Å². The molecule has 1 fully saturated rings. The molecule has 0 unspecified atom stereocenters. The van der Waals surface area contributed by atoms with Crippen LogP contribution in [0.3, 0.4) is 0 Å². The summed E-state index contributed by atoms with van der Waals surface area (Å²) in [6.45, 7) is 3.42. The van der Waals surface area contributed by atoms with Gasteiger partial charge in [-0.25, -0.2) is 17.8 Å². The standard InChI is InChI=1S/C20H19ClFN3O3S2/c1-2-30(27,28)17-6-4-3-5-14(17)19(26)24-7-9-25(10-8-24)20-23-18-15(22)11-13(21)12-16(18)29-20/h3-6,11-12H,2,7-10H2,1H3. The van der Waals surface area contributed by atoms with Crippen LogP contribution in [-0.2, 0) is 9.84 Å². The molecule has 0 saturated carbocycles. The van der Waals surface area contributed by atoms with Crippen LogP contribution in [-0.4, -0.2) is 56.1 Å². The highest BCUT2D eigenvalue weighted by Crippen LogP contribution is 2.33. The molecule has 0 N–H and O–H groups in total. The van der Waals surface area contributed by atoms with Crippen LogP contribution < -0.4 is 4.90 Å². The van der Waals surface area contributed by atoms with Crippen molar-refractivity contribution in [1.82, 2.24) is 9.88 Å². The number of sulfone groups is 1. The van der Waals surface area contributed by atoms with E-state index in [4.69, 9.17) is 11.6 Å². The van der Waals surface area contributed by atoms with Crippen molar-refractivity contribution in [2.24, 2.45) is 0 Å². The zero-order valence-corrected chi connectivity index (χ0v) is 18.5. The first-order valence-electron chi connectivity index (χ1n) is 9.41. The number of aromatic nitrogens is 1. The molecule has 10 heteroatoms. The van der Waals surface area contributed by atoms with E-state index in [0.29, 0.717) is 41.0 Å². The van der Waals surface area contributed by atoms with E-state index in [1.165, 1.54) is 23.5 Å². The zero-order chi connectivity index (χ0) is 21.5. The highest BCUT2D eigenvalue weighted by Gasteiger charge is 2.28. The lowest BCUT2D eigenvalue weighted by atomic mass is 10.2. The molecule has 0 bridgehead atoms. The number of amides is 1. The molecular formula is C20H19ClFN3O3S2. The summed E-state index contributed by atoms with van der Waals surface area (Å²) in [5, 5.41) is 0.999. The number of hydrogen-bond acceptors (Lipinski definition) is 6. The Balaban J connectivity index is 1.52. The molecule has 30 heavy (non-hydrogen) atoms. The number of anilines is 1. The molecule has 158 valence electrons. The number of nitrogens with zero attached hydrogens (tertiary/aromatic N) is 3. The van der Waals surface area contributed by atoms with Gasteiger partial charge >= 0.3 is 0 Å². The van der Waals surface area contributed by atoms with Gasteiger partial charge in [0.05, 0.1) is 20.9 Å². The molecule has 6 nitrogen and oxygen atoms in total. The predicted octanol–water partition coefficient (Wildman–Crippen LogP) is 3.84. The summed E-state index contributed by atoms with van der Waals surface area (Å²) in [7, 11) is -3.50. The van der Waals surface area contributed by atoms with E-state index in [1.54, 1.807) is 36.1 Å². The highest BCUT2D eigenvalue weighted by atomic mass is 35.5. The summed E-state index contributed by atoms with van der Waals surface area (Å²) in [6.07, 6.45) is 0. The van der Waals surface area contributed by atoms with Crippen LogP contribution in [0, 0.1) is 5.82 Å². The Morgan fingerprint density at radius 1 is 1.20 bits per heavy atom. The van der Waals surface area contributed by atoms with Gasteiger partial charge in [0.1, 0.15) is 5.52 Å². The van der Waals surface area contributed by atoms with Gasteiger partial charge in [0.15, 0.2) is 20.8 Å². The lowest BCUT2D eigenvalue weighted by molar-refractivity contribution is 0.0743. The van der Waals surface area contributed by atoms with Crippen molar-refractivity contribution in [3.63, 3.8) is 0 Å². The minimum absolute atomic E-state index is 0.0662. The average molecular weight is 468 g/mol. The Bertz CT molecular complexity index is 1220. The lowest BCUT2D eigenvalue weighted by Gasteiger charge is -2.34. The smallest absolute Gasteiger partial charge is 0.255 e. The van der Waals surface area contributed by atoms with Gasteiger partial charge in [-0.05, 0) is 24.3 Å². The van der Waals surface area contributed by atoms with E-state index in [2.05, 4.69) is 4.98 Å². The number of piperazine rings is 1. The molecule has 0 spiro atoms. The van der Waals surface area contributed by atoms with Gasteiger partial charge in [0.2, 0.25) is 0 Å². The van der Waals surface area contributed by atoms with Gasteiger partial charge in [0, 0.05) is 31.2 Å². The third-order valence-electron chi connectivity index (χ3n) is 5.07. The Morgan fingerprint density at radius 3 is 2.60 bits per heavy atom. The maximum atomic E-state index is 14.1. The Hall–Kier alpha value is -2.23. The predicted molar refractivity (Wildman–Crippen MR) is 117 cm³/mol. The lowest BCUT2D eigenvalue weighted by Crippen LogP contribution is -2.49. The van der Waals surface area contributed by atoms with Crippen LogP contribution in [0.25, 0.3) is 10.2 Å². The maximum Gasteiger partial charge on any atom is 0.255 e. The fourth-order valence-corrected chi connectivity index (χ4v) is 5.85. The van der Waals surface area contributed by atoms with E-state index >= 15 is 0 Å². The average Bonchev–Trinajstić information content (AvgIpc) is 3.18. The van der Waals surface area contributed by atoms with Crippen molar-refractivity contribution in [2.75, 3.05) is 36.8 Å². The molecule has 1 saturated heterocycles. The minimum atomic E-state index is -3.50. The fraction of sp³-hybridized carbons (Fsp3) is 0.300. The normalized spacial score (nSPS) is 15.0. The highest BCUT2D eigenvalue weighted by molar-refractivity contribution is 7.91. The molecule has 1 amide bonds. The number of halogens is 2. The summed E-state index contributed by atoms with van der Waals surface area (Å²) in [4.78, 5) is 21.1. The van der Waals surface area contributed by atoms with Gasteiger partial charge in [-0.3, -0.25) is 4.79 Å². The molecule has 1 aliphatic rings. The SMILES string of the molecule is CCS(=O)(=O)c1ccccc1C(=O)N1CCN(c2nc3c(F)cc(Cl)cc3s2)CC1. The number of thiazole rings is 1. The summed E-state index contributed by atoms with van der Waals surface area (Å²) in [6, 6.07) is 9.24. The van der Waals surface area contributed by atoms with Crippen molar-refractivity contribution in [2.45, 2.75) is 11.8 Å². The van der Waals surface area contributed by atoms with Crippen molar-refractivity contribution in [1.29, 1.82) is 0 Å².